The van der Waals surface area contributed by atoms with Crippen LogP contribution in [-0.4, -0.2) is 32.4 Å². The van der Waals surface area contributed by atoms with Crippen molar-refractivity contribution in [1.29, 1.82) is 0 Å². The lowest BCUT2D eigenvalue weighted by atomic mass is 9.84. The molecule has 0 aromatic carbocycles. The van der Waals surface area contributed by atoms with Gasteiger partial charge in [0.25, 0.3) is 0 Å². The summed E-state index contributed by atoms with van der Waals surface area (Å²) in [6.07, 6.45) is 3.47. The minimum atomic E-state index is -0.724. The van der Waals surface area contributed by atoms with Crippen LogP contribution in [0.25, 0.3) is 0 Å². The van der Waals surface area contributed by atoms with Crippen LogP contribution in [0.1, 0.15) is 52.8 Å². The van der Waals surface area contributed by atoms with Gasteiger partial charge in [-0.15, -0.1) is 0 Å². The fraction of sp³-hybridized carbons (Fsp3) is 0.800. The van der Waals surface area contributed by atoms with Crippen LogP contribution in [-0.2, 0) is 17.9 Å². The van der Waals surface area contributed by atoms with Crippen molar-refractivity contribution in [1.82, 2.24) is 20.1 Å². The van der Waals surface area contributed by atoms with Gasteiger partial charge in [-0.25, -0.2) is 9.67 Å². The molecule has 0 fully saturated rings. The van der Waals surface area contributed by atoms with Gasteiger partial charge in [0.2, 0.25) is 0 Å². The summed E-state index contributed by atoms with van der Waals surface area (Å²) in [4.78, 5) is 14.9. The van der Waals surface area contributed by atoms with Gasteiger partial charge in [0, 0.05) is 13.0 Å². The molecule has 21 heavy (non-hydrogen) atoms. The van der Waals surface area contributed by atoms with Crippen molar-refractivity contribution in [2.45, 2.75) is 60.0 Å². The predicted molar refractivity (Wildman–Crippen MR) is 81.8 cm³/mol. The highest BCUT2D eigenvalue weighted by atomic mass is 16.4. The van der Waals surface area contributed by atoms with E-state index in [-0.39, 0.29) is 11.8 Å². The topological polar surface area (TPSA) is 80.0 Å². The molecule has 0 amide bonds. The van der Waals surface area contributed by atoms with Gasteiger partial charge in [-0.3, -0.25) is 4.79 Å². The molecule has 0 radical (unpaired) electrons. The molecular weight excluding hydrogens is 268 g/mol. The summed E-state index contributed by atoms with van der Waals surface area (Å²) in [5.74, 6) is 0.769. The summed E-state index contributed by atoms with van der Waals surface area (Å²) in [5.41, 5.74) is 0.0387. The predicted octanol–water partition coefficient (Wildman–Crippen LogP) is 2.30. The molecule has 2 N–H and O–H groups in total. The largest absolute Gasteiger partial charge is 0.481 e. The second-order valence-electron chi connectivity index (χ2n) is 6.74. The molecule has 0 saturated heterocycles. The summed E-state index contributed by atoms with van der Waals surface area (Å²) >= 11 is 0. The highest BCUT2D eigenvalue weighted by Gasteiger charge is 2.18. The fourth-order valence-electron chi connectivity index (χ4n) is 2.12. The van der Waals surface area contributed by atoms with E-state index in [0.29, 0.717) is 18.9 Å². The van der Waals surface area contributed by atoms with Crippen molar-refractivity contribution in [2.24, 2.45) is 11.3 Å². The Balaban J connectivity index is 2.30. The highest BCUT2D eigenvalue weighted by Crippen LogP contribution is 2.25. The molecule has 0 atom stereocenters. The quantitative estimate of drug-likeness (QED) is 0.648. The lowest BCUT2D eigenvalue weighted by Crippen LogP contribution is -2.24. The van der Waals surface area contributed by atoms with Gasteiger partial charge in [0.05, 0.1) is 6.54 Å². The molecule has 6 heteroatoms. The monoisotopic (exact) mass is 296 g/mol. The molecular formula is C15H28N4O2. The number of aliphatic carboxylic acids is 1. The Bertz CT molecular complexity index is 441. The molecule has 6 nitrogen and oxygen atoms in total. The van der Waals surface area contributed by atoms with Crippen LogP contribution in [0, 0.1) is 11.3 Å². The van der Waals surface area contributed by atoms with E-state index in [1.165, 1.54) is 0 Å². The van der Waals surface area contributed by atoms with Crippen molar-refractivity contribution in [2.75, 3.05) is 6.54 Å². The van der Waals surface area contributed by atoms with Gasteiger partial charge >= 0.3 is 5.97 Å². The molecule has 1 aromatic heterocycles. The van der Waals surface area contributed by atoms with Crippen LogP contribution in [0.2, 0.25) is 0 Å². The summed E-state index contributed by atoms with van der Waals surface area (Å²) in [7, 11) is 0. The summed E-state index contributed by atoms with van der Waals surface area (Å²) < 4.78 is 1.94. The molecule has 0 unspecified atom stereocenters. The Morgan fingerprint density at radius 3 is 2.76 bits per heavy atom. The van der Waals surface area contributed by atoms with Gasteiger partial charge in [-0.2, -0.15) is 5.10 Å². The third-order valence-corrected chi connectivity index (χ3v) is 3.51. The molecule has 1 aromatic rings. The zero-order valence-corrected chi connectivity index (χ0v) is 13.6. The fourth-order valence-corrected chi connectivity index (χ4v) is 2.12. The number of rotatable bonds is 10. The number of aromatic nitrogens is 3. The maximum absolute atomic E-state index is 10.6. The standard InChI is InChI=1S/C15H28N4O2/c1-12(2)10-19-13(17-11-18-19)9-16-8-7-15(3,4)6-5-14(20)21/h11-12,16H,5-10H2,1-4H3,(H,20,21). The first kappa shape index (κ1) is 17.6. The Labute approximate surface area is 127 Å². The summed E-state index contributed by atoms with van der Waals surface area (Å²) in [5, 5.41) is 16.3. The Morgan fingerprint density at radius 1 is 1.43 bits per heavy atom. The Hall–Kier alpha value is -1.43. The molecule has 0 aliphatic carbocycles. The van der Waals surface area contributed by atoms with Crippen LogP contribution in [0.5, 0.6) is 0 Å². The van der Waals surface area contributed by atoms with Crippen LogP contribution in [0.15, 0.2) is 6.33 Å². The maximum Gasteiger partial charge on any atom is 0.303 e. The molecule has 0 spiro atoms. The first-order valence-corrected chi connectivity index (χ1v) is 7.59. The number of carboxylic acid groups (broad SMARTS) is 1. The molecule has 0 aliphatic heterocycles. The van der Waals surface area contributed by atoms with E-state index in [0.717, 1.165) is 25.3 Å². The van der Waals surface area contributed by atoms with E-state index in [1.54, 1.807) is 6.33 Å². The van der Waals surface area contributed by atoms with Crippen molar-refractivity contribution >= 4 is 5.97 Å². The Kier molecular flexibility index (Phi) is 6.81. The second kappa shape index (κ2) is 8.12. The number of carbonyl (C=O) groups is 1. The van der Waals surface area contributed by atoms with E-state index in [4.69, 9.17) is 5.11 Å². The van der Waals surface area contributed by atoms with Crippen LogP contribution in [0.3, 0.4) is 0 Å². The first-order valence-electron chi connectivity index (χ1n) is 7.59. The summed E-state index contributed by atoms with van der Waals surface area (Å²) in [6, 6.07) is 0. The molecule has 120 valence electrons. The lowest BCUT2D eigenvalue weighted by molar-refractivity contribution is -0.137. The smallest absolute Gasteiger partial charge is 0.303 e. The number of hydrogen-bond acceptors (Lipinski definition) is 4. The van der Waals surface area contributed by atoms with Gasteiger partial charge in [0.1, 0.15) is 12.2 Å². The van der Waals surface area contributed by atoms with Crippen molar-refractivity contribution in [3.63, 3.8) is 0 Å². The van der Waals surface area contributed by atoms with Crippen LogP contribution >= 0.6 is 0 Å². The summed E-state index contributed by atoms with van der Waals surface area (Å²) in [6.45, 7) is 11.0. The second-order valence-corrected chi connectivity index (χ2v) is 6.74. The molecule has 0 saturated carbocycles. The van der Waals surface area contributed by atoms with E-state index in [1.807, 2.05) is 4.68 Å². The molecule has 0 bridgehead atoms. The number of hydrogen-bond donors (Lipinski definition) is 2. The van der Waals surface area contributed by atoms with Crippen molar-refractivity contribution < 1.29 is 9.90 Å². The normalized spacial score (nSPS) is 12.0. The average Bonchev–Trinajstić information content (AvgIpc) is 2.79. The number of nitrogens with one attached hydrogen (secondary N) is 1. The molecule has 0 aliphatic rings. The van der Waals surface area contributed by atoms with Gasteiger partial charge < -0.3 is 10.4 Å². The third-order valence-electron chi connectivity index (χ3n) is 3.51. The maximum atomic E-state index is 10.6. The van der Waals surface area contributed by atoms with Gasteiger partial charge in [0.15, 0.2) is 0 Å². The van der Waals surface area contributed by atoms with Crippen LogP contribution < -0.4 is 5.32 Å². The van der Waals surface area contributed by atoms with E-state index in [2.05, 4.69) is 43.1 Å². The molecule has 1 heterocycles. The third kappa shape index (κ3) is 7.22. The Morgan fingerprint density at radius 2 is 2.14 bits per heavy atom. The van der Waals surface area contributed by atoms with E-state index < -0.39 is 5.97 Å². The van der Waals surface area contributed by atoms with E-state index >= 15 is 0 Å². The first-order chi connectivity index (χ1) is 9.80. The minimum absolute atomic E-state index is 0.0387. The molecule has 1 rings (SSSR count). The van der Waals surface area contributed by atoms with Crippen LogP contribution in [0.4, 0.5) is 0 Å². The minimum Gasteiger partial charge on any atom is -0.481 e. The van der Waals surface area contributed by atoms with Gasteiger partial charge in [-0.05, 0) is 30.7 Å². The van der Waals surface area contributed by atoms with Gasteiger partial charge in [-0.1, -0.05) is 27.7 Å². The SMILES string of the molecule is CC(C)Cn1ncnc1CNCCC(C)(C)CCC(=O)O. The average molecular weight is 296 g/mol. The van der Waals surface area contributed by atoms with Crippen molar-refractivity contribution in [3.8, 4) is 0 Å². The van der Waals surface area contributed by atoms with Crippen molar-refractivity contribution in [3.05, 3.63) is 12.2 Å². The highest BCUT2D eigenvalue weighted by molar-refractivity contribution is 5.66. The lowest BCUT2D eigenvalue weighted by Gasteiger charge is -2.23. The van der Waals surface area contributed by atoms with E-state index in [9.17, 15) is 4.79 Å². The number of nitrogens with zero attached hydrogens (tertiary/aromatic N) is 3. The number of carboxylic acids is 1. The zero-order chi connectivity index (χ0) is 15.9. The zero-order valence-electron chi connectivity index (χ0n) is 13.6.